The summed E-state index contributed by atoms with van der Waals surface area (Å²) in [5, 5.41) is 9.74. The summed E-state index contributed by atoms with van der Waals surface area (Å²) in [7, 11) is 3.03. The van der Waals surface area contributed by atoms with E-state index in [4.69, 9.17) is 50.9 Å². The lowest BCUT2D eigenvalue weighted by atomic mass is 10.1. The number of hydrogen-bond acceptors (Lipinski definition) is 13. The van der Waals surface area contributed by atoms with Crippen molar-refractivity contribution in [3.05, 3.63) is 171 Å². The third-order valence-electron chi connectivity index (χ3n) is 11.4. The molecule has 0 spiro atoms. The van der Waals surface area contributed by atoms with Gasteiger partial charge in [0.25, 0.3) is 17.1 Å². The number of aromatic carboxylic acids is 1. The molecule has 0 aliphatic rings. The lowest BCUT2D eigenvalue weighted by Crippen LogP contribution is -2.19. The maximum Gasteiger partial charge on any atom is 0.573 e. The number of carbonyl (C=O) groups excluding carboxylic acids is 3. The molecule has 0 unspecified atom stereocenters. The fourth-order valence-electron chi connectivity index (χ4n) is 7.42. The molecule has 0 aliphatic carbocycles. The summed E-state index contributed by atoms with van der Waals surface area (Å²) in [4.78, 5) is 47.0. The molecule has 0 bridgehead atoms. The summed E-state index contributed by atoms with van der Waals surface area (Å²) in [6.45, 7) is 1.30. The number of methoxy groups -OCH3 is 3. The van der Waals surface area contributed by atoms with Crippen molar-refractivity contribution in [2.24, 2.45) is 5.73 Å². The molecule has 0 fully saturated rings. The van der Waals surface area contributed by atoms with Crippen molar-refractivity contribution < 1.29 is 164 Å². The molecular weight excluding hydrogens is 1380 g/mol. The van der Waals surface area contributed by atoms with Crippen molar-refractivity contribution in [2.75, 3.05) is 26.6 Å². The van der Waals surface area contributed by atoms with Gasteiger partial charge in [0.2, 0.25) is 0 Å². The number of carboxylic acid groups (broad SMARTS) is 1. The van der Waals surface area contributed by atoms with E-state index in [0.717, 1.165) is 75.9 Å². The minimum atomic E-state index is -5.09. The van der Waals surface area contributed by atoms with E-state index in [1.807, 2.05) is 0 Å². The number of alkyl halides is 18. The largest absolute Gasteiger partial charge is 0.573 e. The van der Waals surface area contributed by atoms with E-state index in [1.165, 1.54) is 6.92 Å². The van der Waals surface area contributed by atoms with Crippen LogP contribution in [-0.4, -0.2) is 68.5 Å². The van der Waals surface area contributed by atoms with Crippen molar-refractivity contribution in [1.82, 2.24) is 0 Å². The normalized spacial score (nSPS) is 11.8. The van der Waals surface area contributed by atoms with Gasteiger partial charge in [0.1, 0.15) is 74.5 Å². The van der Waals surface area contributed by atoms with E-state index in [1.54, 1.807) is 0 Å². The maximum absolute atomic E-state index is 15.0. The van der Waals surface area contributed by atoms with Crippen LogP contribution in [0, 0.1) is 30.2 Å². The van der Waals surface area contributed by atoms with E-state index in [-0.39, 0.29) is 41.6 Å². The molecule has 39 heteroatoms. The van der Waals surface area contributed by atoms with Crippen molar-refractivity contribution >= 4 is 40.3 Å². The number of anilines is 1. The van der Waals surface area contributed by atoms with Crippen LogP contribution in [0.3, 0.4) is 0 Å². The lowest BCUT2D eigenvalue weighted by molar-refractivity contribution is -0.275. The quantitative estimate of drug-likeness (QED) is 0.0572. The van der Waals surface area contributed by atoms with Crippen LogP contribution in [0.15, 0.2) is 103 Å². The summed E-state index contributed by atoms with van der Waals surface area (Å²) in [5.41, 5.74) is -3.56. The Hall–Kier alpha value is -10.4. The van der Waals surface area contributed by atoms with Gasteiger partial charge in [-0.05, 0) is 109 Å². The monoisotopic (exact) mass is 1410 g/mol. The van der Waals surface area contributed by atoms with E-state index in [0.29, 0.717) is 18.2 Å². The molecule has 0 saturated heterocycles. The van der Waals surface area contributed by atoms with Crippen LogP contribution in [0.25, 0.3) is 0 Å². The number of amides is 2. The fraction of sp³-hybridized carbons (Fsp3) is 0.179. The van der Waals surface area contributed by atoms with Gasteiger partial charge in [-0.25, -0.2) is 22.4 Å². The zero-order valence-corrected chi connectivity index (χ0v) is 47.6. The molecule has 512 valence electrons. The first-order valence-electron chi connectivity index (χ1n) is 24.5. The zero-order chi connectivity index (χ0) is 71.8. The minimum absolute atomic E-state index is 0.0195. The van der Waals surface area contributed by atoms with Gasteiger partial charge in [-0.1, -0.05) is 0 Å². The van der Waals surface area contributed by atoms with Crippen molar-refractivity contribution in [3.8, 4) is 69.0 Å². The molecule has 4 N–H and O–H groups in total. The summed E-state index contributed by atoms with van der Waals surface area (Å²) < 4.78 is 326. The molecule has 0 radical (unpaired) electrons. The minimum Gasteiger partial charge on any atom is -0.493 e. The summed E-state index contributed by atoms with van der Waals surface area (Å²) in [6, 6.07) is 9.47. The van der Waals surface area contributed by atoms with Crippen LogP contribution in [0.1, 0.15) is 63.7 Å². The van der Waals surface area contributed by atoms with Gasteiger partial charge in [-0.15, -0.1) is 39.5 Å². The van der Waals surface area contributed by atoms with E-state index < -0.39 is 192 Å². The molecule has 7 aromatic carbocycles. The Balaban J connectivity index is 0.000000264. The number of nitrogens with one attached hydrogen (secondary N) is 1. The zero-order valence-electron chi connectivity index (χ0n) is 46.8. The second-order valence-corrected chi connectivity index (χ2v) is 18.3. The Kier molecular flexibility index (Phi) is 23.2. The van der Waals surface area contributed by atoms with Crippen LogP contribution in [0.4, 0.5) is 102 Å². The second-order valence-electron chi connectivity index (χ2n) is 17.9. The highest BCUT2D eigenvalue weighted by atomic mass is 35.5. The smallest absolute Gasteiger partial charge is 0.493 e. The van der Waals surface area contributed by atoms with Crippen LogP contribution < -0.4 is 53.7 Å². The van der Waals surface area contributed by atoms with Gasteiger partial charge in [0, 0.05) is 23.9 Å². The topological polar surface area (TPSA) is 210 Å². The highest BCUT2D eigenvalue weighted by Gasteiger charge is 2.39. The van der Waals surface area contributed by atoms with Gasteiger partial charge in [-0.2, -0.15) is 39.5 Å². The van der Waals surface area contributed by atoms with Crippen LogP contribution in [-0.2, 0) is 18.5 Å². The lowest BCUT2D eigenvalue weighted by Gasteiger charge is -2.18. The highest BCUT2D eigenvalue weighted by molar-refractivity contribution is 6.68. The first kappa shape index (κ1) is 75.3. The molecule has 0 saturated carbocycles. The molecule has 0 atom stereocenters. The van der Waals surface area contributed by atoms with Gasteiger partial charge >= 0.3 is 43.6 Å². The average molecular weight is 1410 g/mol. The third-order valence-corrected chi connectivity index (χ3v) is 11.6. The maximum atomic E-state index is 15.0. The van der Waals surface area contributed by atoms with Gasteiger partial charge in [-0.3, -0.25) is 14.4 Å². The first-order chi connectivity index (χ1) is 43.6. The molecular formula is C56H33ClF22N2O14. The number of primary amides is 1. The van der Waals surface area contributed by atoms with Gasteiger partial charge < -0.3 is 58.8 Å². The fourth-order valence-corrected chi connectivity index (χ4v) is 7.60. The number of benzene rings is 7. The molecule has 0 aliphatic heterocycles. The number of rotatable bonds is 17. The summed E-state index contributed by atoms with van der Waals surface area (Å²) in [6.07, 6.45) is -30.2. The van der Waals surface area contributed by atoms with Crippen LogP contribution in [0.5, 0.6) is 69.0 Å². The van der Waals surface area contributed by atoms with E-state index >= 15 is 0 Å². The number of carbonyl (C=O) groups is 4. The first-order valence-corrected chi connectivity index (χ1v) is 24.9. The van der Waals surface area contributed by atoms with Gasteiger partial charge in [0.05, 0.1) is 43.6 Å². The van der Waals surface area contributed by atoms with Crippen LogP contribution >= 0.6 is 11.6 Å². The number of carboxylic acids is 1. The standard InChI is InChI=1S/C24H16F8N2O5.C16H8ClF7O4.C16H9F7O5/c1-10-5-14(25)13(21(33)35)9-16(10)34-22(36)20-15(26)6-11(23(27,28)29)7-19(20)38-17-4-3-12(8-18(17)37-2)39-24(30,31)32;1-26-11-6-8(28-16(22,23)24)2-3-10(11)27-12-5-7(15(19,20)21)4-9(18)13(12)14(17)25;1-26-11-6-8(28-16(21,22)23)2-3-10(11)27-12-5-7(15(18,19)20)4-9(17)13(12)14(24)25/h3-9H,1-2H3,(H2,33,35)(H,34,36);2-6H,1H3;2-6H,1H3,(H,24,25). The number of ether oxygens (including phenoxy) is 9. The predicted molar refractivity (Wildman–Crippen MR) is 278 cm³/mol. The average Bonchev–Trinajstić information content (AvgIpc) is 0.839. The molecule has 0 heterocycles. The Morgan fingerprint density at radius 2 is 0.737 bits per heavy atom. The predicted octanol–water partition coefficient (Wildman–Crippen LogP) is 17.5. The third kappa shape index (κ3) is 20.8. The summed E-state index contributed by atoms with van der Waals surface area (Å²) >= 11 is 5.20. The van der Waals surface area contributed by atoms with Gasteiger partial charge in [0.15, 0.2) is 34.5 Å². The Bertz CT molecular complexity index is 3880. The number of nitrogens with two attached hydrogens (primary N) is 1. The molecule has 2 amide bonds. The number of aryl methyl sites for hydroxylation is 1. The van der Waals surface area contributed by atoms with Crippen LogP contribution in [0.2, 0.25) is 0 Å². The second kappa shape index (κ2) is 29.2. The molecule has 16 nitrogen and oxygen atoms in total. The summed E-state index contributed by atoms with van der Waals surface area (Å²) in [5.74, 6) is -18.4. The number of hydrogen-bond donors (Lipinski definition) is 3. The van der Waals surface area contributed by atoms with E-state index in [2.05, 4.69) is 19.5 Å². The van der Waals surface area contributed by atoms with Crippen molar-refractivity contribution in [3.63, 3.8) is 0 Å². The Morgan fingerprint density at radius 3 is 1.03 bits per heavy atom. The number of halogens is 23. The van der Waals surface area contributed by atoms with Crippen molar-refractivity contribution in [2.45, 2.75) is 44.5 Å². The molecule has 0 aromatic heterocycles. The molecule has 95 heavy (non-hydrogen) atoms. The molecule has 7 rings (SSSR count). The van der Waals surface area contributed by atoms with E-state index in [9.17, 15) is 116 Å². The van der Waals surface area contributed by atoms with Crippen molar-refractivity contribution in [1.29, 1.82) is 0 Å². The molecule has 7 aromatic rings. The Labute approximate surface area is 519 Å². The Morgan fingerprint density at radius 1 is 0.421 bits per heavy atom. The highest BCUT2D eigenvalue weighted by Crippen LogP contribution is 2.45. The SMILES string of the molecule is COc1cc(OC(F)(F)F)ccc1Oc1cc(C(F)(F)F)cc(F)c1C(=O)Cl.COc1cc(OC(F)(F)F)ccc1Oc1cc(C(F)(F)F)cc(F)c1C(=O)Nc1cc(C(N)=O)c(F)cc1C.COc1cc(OC(F)(F)F)ccc1Oc1cc(C(F)(F)F)cc(F)c1C(=O)O.